The van der Waals surface area contributed by atoms with Gasteiger partial charge < -0.3 is 10.2 Å². The lowest BCUT2D eigenvalue weighted by Crippen LogP contribution is -2.49. The molecule has 31 heavy (non-hydrogen) atoms. The quantitative estimate of drug-likeness (QED) is 0.604. The smallest absolute Gasteiger partial charge is 0.174 e. The molecule has 0 amide bonds. The van der Waals surface area contributed by atoms with Crippen molar-refractivity contribution in [1.82, 2.24) is 19.6 Å². The lowest BCUT2D eigenvalue weighted by molar-refractivity contribution is 0.175. The Kier molecular flexibility index (Phi) is 6.53. The van der Waals surface area contributed by atoms with Crippen LogP contribution in [0, 0.1) is 17.5 Å². The molecule has 3 aromatic rings. The molecule has 5 nitrogen and oxygen atoms in total. The Balaban J connectivity index is 1.28. The van der Waals surface area contributed by atoms with Crippen LogP contribution < -0.4 is 5.32 Å². The standard InChI is InChI=1S/C22H22F3N5S/c23-18-6-2-1-4-16(18)15-30-9-8-20(27-30)26-22(31)29-12-10-28(11-13-29)14-17-5-3-7-19(24)21(17)25/h1-9H,10-15H2,(H,26,27,31). The Morgan fingerprint density at radius 2 is 1.58 bits per heavy atom. The first kappa shape index (κ1) is 21.3. The van der Waals surface area contributed by atoms with Gasteiger partial charge in [0.05, 0.1) is 6.54 Å². The summed E-state index contributed by atoms with van der Waals surface area (Å²) in [7, 11) is 0. The van der Waals surface area contributed by atoms with Gasteiger partial charge in [-0.2, -0.15) is 5.10 Å². The Bertz CT molecular complexity index is 1060. The molecule has 4 rings (SSSR count). The summed E-state index contributed by atoms with van der Waals surface area (Å²) in [6.07, 6.45) is 1.77. The van der Waals surface area contributed by atoms with E-state index in [9.17, 15) is 13.2 Å². The number of benzene rings is 2. The van der Waals surface area contributed by atoms with Crippen LogP contribution in [-0.4, -0.2) is 50.9 Å². The van der Waals surface area contributed by atoms with Crippen LogP contribution in [0.3, 0.4) is 0 Å². The molecule has 1 aromatic heterocycles. The zero-order valence-electron chi connectivity index (χ0n) is 16.8. The van der Waals surface area contributed by atoms with E-state index >= 15 is 0 Å². The summed E-state index contributed by atoms with van der Waals surface area (Å²) in [5.41, 5.74) is 0.917. The minimum atomic E-state index is -0.823. The van der Waals surface area contributed by atoms with Crippen molar-refractivity contribution < 1.29 is 13.2 Å². The van der Waals surface area contributed by atoms with Crippen molar-refractivity contribution in [3.63, 3.8) is 0 Å². The fourth-order valence-electron chi connectivity index (χ4n) is 3.53. The molecule has 0 unspecified atom stereocenters. The average molecular weight is 446 g/mol. The topological polar surface area (TPSA) is 36.3 Å². The lowest BCUT2D eigenvalue weighted by Gasteiger charge is -2.36. The van der Waals surface area contributed by atoms with E-state index in [2.05, 4.69) is 15.3 Å². The number of thiocarbonyl (C=S) groups is 1. The van der Waals surface area contributed by atoms with E-state index in [0.717, 1.165) is 6.07 Å². The SMILES string of the molecule is Fc1ccccc1Cn1ccc(NC(=S)N2CCN(Cc3cccc(F)c3F)CC2)n1. The van der Waals surface area contributed by atoms with E-state index in [-0.39, 0.29) is 5.82 Å². The van der Waals surface area contributed by atoms with Gasteiger partial charge in [-0.3, -0.25) is 9.58 Å². The van der Waals surface area contributed by atoms with Gasteiger partial charge in [-0.05, 0) is 24.4 Å². The highest BCUT2D eigenvalue weighted by molar-refractivity contribution is 7.80. The summed E-state index contributed by atoms with van der Waals surface area (Å²) in [4.78, 5) is 4.09. The number of hydrogen-bond donors (Lipinski definition) is 1. The van der Waals surface area contributed by atoms with E-state index in [1.165, 1.54) is 12.1 Å². The molecule has 2 heterocycles. The van der Waals surface area contributed by atoms with Crippen molar-refractivity contribution >= 4 is 23.1 Å². The third-order valence-corrected chi connectivity index (χ3v) is 5.61. The molecule has 1 fully saturated rings. The van der Waals surface area contributed by atoms with E-state index in [1.807, 2.05) is 4.90 Å². The molecule has 0 bridgehead atoms. The van der Waals surface area contributed by atoms with Crippen molar-refractivity contribution in [2.45, 2.75) is 13.1 Å². The Hall–Kier alpha value is -2.91. The first-order valence-corrected chi connectivity index (χ1v) is 10.4. The van der Waals surface area contributed by atoms with Crippen LogP contribution in [0.1, 0.15) is 11.1 Å². The van der Waals surface area contributed by atoms with Gasteiger partial charge in [-0.25, -0.2) is 13.2 Å². The third-order valence-electron chi connectivity index (χ3n) is 5.25. The van der Waals surface area contributed by atoms with Gasteiger partial charge in [0, 0.05) is 56.1 Å². The van der Waals surface area contributed by atoms with Gasteiger partial charge >= 0.3 is 0 Å². The molecule has 0 radical (unpaired) electrons. The third kappa shape index (κ3) is 5.23. The second-order valence-corrected chi connectivity index (χ2v) is 7.78. The number of rotatable bonds is 5. The van der Waals surface area contributed by atoms with E-state index in [1.54, 1.807) is 41.2 Å². The first-order valence-electron chi connectivity index (χ1n) is 9.97. The zero-order valence-corrected chi connectivity index (χ0v) is 17.6. The number of anilines is 1. The Labute approximate surface area is 184 Å². The summed E-state index contributed by atoms with van der Waals surface area (Å²) in [6, 6.07) is 12.6. The average Bonchev–Trinajstić information content (AvgIpc) is 3.20. The fourth-order valence-corrected chi connectivity index (χ4v) is 3.81. The molecule has 1 saturated heterocycles. The van der Waals surface area contributed by atoms with Crippen LogP contribution in [0.2, 0.25) is 0 Å². The van der Waals surface area contributed by atoms with Crippen LogP contribution in [-0.2, 0) is 13.1 Å². The maximum Gasteiger partial charge on any atom is 0.174 e. The first-order chi connectivity index (χ1) is 15.0. The summed E-state index contributed by atoms with van der Waals surface area (Å²) in [5.74, 6) is -1.28. The summed E-state index contributed by atoms with van der Waals surface area (Å²) in [5, 5.41) is 8.07. The number of hydrogen-bond acceptors (Lipinski definition) is 3. The molecule has 0 saturated carbocycles. The molecule has 1 aliphatic heterocycles. The molecule has 2 aromatic carbocycles. The predicted molar refractivity (Wildman–Crippen MR) is 117 cm³/mol. The van der Waals surface area contributed by atoms with Crippen molar-refractivity contribution in [3.05, 3.63) is 83.3 Å². The Morgan fingerprint density at radius 3 is 2.35 bits per heavy atom. The van der Waals surface area contributed by atoms with Crippen LogP contribution in [0.5, 0.6) is 0 Å². The predicted octanol–water partition coefficient (Wildman–Crippen LogP) is 3.86. The van der Waals surface area contributed by atoms with Gasteiger partial charge in [0.25, 0.3) is 0 Å². The van der Waals surface area contributed by atoms with Gasteiger partial charge in [0.1, 0.15) is 5.82 Å². The highest BCUT2D eigenvalue weighted by atomic mass is 32.1. The van der Waals surface area contributed by atoms with Gasteiger partial charge in [0.15, 0.2) is 22.6 Å². The van der Waals surface area contributed by atoms with Crippen molar-refractivity contribution in [1.29, 1.82) is 0 Å². The van der Waals surface area contributed by atoms with Crippen molar-refractivity contribution in [3.8, 4) is 0 Å². The Morgan fingerprint density at radius 1 is 0.871 bits per heavy atom. The van der Waals surface area contributed by atoms with Crippen LogP contribution in [0.15, 0.2) is 54.7 Å². The highest BCUT2D eigenvalue weighted by Crippen LogP contribution is 2.16. The van der Waals surface area contributed by atoms with Gasteiger partial charge in [0.2, 0.25) is 0 Å². The highest BCUT2D eigenvalue weighted by Gasteiger charge is 2.21. The normalized spacial score (nSPS) is 14.6. The lowest BCUT2D eigenvalue weighted by atomic mass is 10.2. The summed E-state index contributed by atoms with van der Waals surface area (Å²) >= 11 is 5.50. The number of nitrogens with one attached hydrogen (secondary N) is 1. The van der Waals surface area contributed by atoms with E-state index < -0.39 is 11.6 Å². The molecule has 1 N–H and O–H groups in total. The second-order valence-electron chi connectivity index (χ2n) is 7.40. The molecular formula is C22H22F3N5S. The summed E-state index contributed by atoms with van der Waals surface area (Å²) < 4.78 is 42.8. The van der Waals surface area contributed by atoms with Gasteiger partial charge in [-0.15, -0.1) is 0 Å². The molecule has 162 valence electrons. The minimum absolute atomic E-state index is 0.265. The fraction of sp³-hybridized carbons (Fsp3) is 0.273. The molecule has 1 aliphatic rings. The van der Waals surface area contributed by atoms with E-state index in [0.29, 0.717) is 61.3 Å². The number of piperazine rings is 1. The van der Waals surface area contributed by atoms with Crippen LogP contribution in [0.25, 0.3) is 0 Å². The zero-order chi connectivity index (χ0) is 21.8. The van der Waals surface area contributed by atoms with Gasteiger partial charge in [-0.1, -0.05) is 30.3 Å². The number of aromatic nitrogens is 2. The maximum atomic E-state index is 13.9. The molecule has 0 aliphatic carbocycles. The molecule has 9 heteroatoms. The number of halogens is 3. The maximum absolute atomic E-state index is 13.9. The van der Waals surface area contributed by atoms with Crippen molar-refractivity contribution in [2.75, 3.05) is 31.5 Å². The second kappa shape index (κ2) is 9.49. The van der Waals surface area contributed by atoms with E-state index in [4.69, 9.17) is 12.2 Å². The van der Waals surface area contributed by atoms with Crippen LogP contribution >= 0.6 is 12.2 Å². The molecular weight excluding hydrogens is 423 g/mol. The summed E-state index contributed by atoms with van der Waals surface area (Å²) in [6.45, 7) is 3.38. The molecule has 0 spiro atoms. The largest absolute Gasteiger partial charge is 0.346 e. The van der Waals surface area contributed by atoms with Crippen LogP contribution in [0.4, 0.5) is 19.0 Å². The molecule has 0 atom stereocenters. The van der Waals surface area contributed by atoms with Crippen molar-refractivity contribution in [2.24, 2.45) is 0 Å². The monoisotopic (exact) mass is 445 g/mol. The number of nitrogens with zero attached hydrogens (tertiary/aromatic N) is 4. The minimum Gasteiger partial charge on any atom is -0.346 e.